The first-order valence-electron chi connectivity index (χ1n) is 12.8. The summed E-state index contributed by atoms with van der Waals surface area (Å²) in [4.78, 5) is 27.3. The van der Waals surface area contributed by atoms with Crippen LogP contribution >= 0.6 is 18.9 Å². The maximum atomic E-state index is 13.9. The van der Waals surface area contributed by atoms with Crippen LogP contribution in [0, 0.1) is 0 Å². The second-order valence-electron chi connectivity index (χ2n) is 9.05. The molecule has 4 nitrogen and oxygen atoms in total. The fourth-order valence-electron chi connectivity index (χ4n) is 4.52. The normalized spacial score (nSPS) is 11.5. The number of benzene rings is 5. The van der Waals surface area contributed by atoms with E-state index in [-0.39, 0.29) is 11.6 Å². The molecule has 0 fully saturated rings. The monoisotopic (exact) mass is 561 g/mol. The molecule has 0 aliphatic heterocycles. The minimum absolute atomic E-state index is 0.161. The van der Waals surface area contributed by atoms with Crippen molar-refractivity contribution >= 4 is 52.3 Å². The van der Waals surface area contributed by atoms with Crippen LogP contribution in [0.4, 0.5) is 5.69 Å². The topological polar surface area (TPSA) is 58.2 Å². The van der Waals surface area contributed by atoms with Crippen molar-refractivity contribution in [3.8, 4) is 0 Å². The molecule has 196 valence electrons. The van der Waals surface area contributed by atoms with Gasteiger partial charge in [-0.2, -0.15) is 0 Å². The molecular weight excluding hydrogens is 535 g/mol. The number of carbonyl (C=O) groups excluding carboxylic acids is 2. The van der Waals surface area contributed by atoms with Crippen molar-refractivity contribution in [3.63, 3.8) is 0 Å². The minimum Gasteiger partial charge on any atom is -0.321 e. The Morgan fingerprint density at radius 1 is 0.575 bits per heavy atom. The molecule has 40 heavy (non-hydrogen) atoms. The molecule has 0 aromatic heterocycles. The van der Waals surface area contributed by atoms with Gasteiger partial charge in [-0.15, -0.1) is 0 Å². The molecule has 0 heterocycles. The summed E-state index contributed by atoms with van der Waals surface area (Å²) in [6.07, 6.45) is 0. The fourth-order valence-corrected chi connectivity index (χ4v) is 8.48. The maximum absolute atomic E-state index is 13.9. The number of rotatable bonds is 8. The molecule has 6 heteroatoms. The first-order valence-corrected chi connectivity index (χ1v) is 15.0. The van der Waals surface area contributed by atoms with Crippen molar-refractivity contribution in [2.45, 2.75) is 0 Å². The Hall–Kier alpha value is -4.50. The van der Waals surface area contributed by atoms with Crippen LogP contribution in [-0.4, -0.2) is 11.8 Å². The lowest BCUT2D eigenvalue weighted by Gasteiger charge is -2.25. The van der Waals surface area contributed by atoms with Gasteiger partial charge in [-0.25, -0.2) is 0 Å². The number of hydrogen-bond donors (Lipinski definition) is 2. The van der Waals surface area contributed by atoms with Gasteiger partial charge in [0.15, 0.2) is 0 Å². The third kappa shape index (κ3) is 6.05. The number of hydrogen-bond acceptors (Lipinski definition) is 2. The third-order valence-corrected chi connectivity index (χ3v) is 10.7. The van der Waals surface area contributed by atoms with E-state index in [1.807, 2.05) is 66.5 Å². The molecule has 5 rings (SSSR count). The van der Waals surface area contributed by atoms with Crippen LogP contribution in [0.25, 0.3) is 0 Å². The van der Waals surface area contributed by atoms with Gasteiger partial charge in [0, 0.05) is 16.3 Å². The molecule has 2 amide bonds. The van der Waals surface area contributed by atoms with E-state index in [4.69, 9.17) is 11.6 Å². The lowest BCUT2D eigenvalue weighted by atomic mass is 10.2. The minimum atomic E-state index is -2.58. The highest BCUT2D eigenvalue weighted by Crippen LogP contribution is 2.57. The standard InChI is InChI=1S/C34H26ClN2O2P/c35-27-21-23-28(24-22-27)36-34(39)32(37-33(38)26-13-5-1-6-14-26)25-40(29-15-7-2-8-16-29,30-17-9-3-10-18-30)31-19-11-4-12-20-31/h1-25H,(H-,36,37,38,39)/p+1. The Bertz CT molecular complexity index is 1510. The number of nitrogens with one attached hydrogen (secondary N) is 2. The summed E-state index contributed by atoms with van der Waals surface area (Å²) in [6, 6.07) is 46.2. The fraction of sp³-hybridized carbons (Fsp3) is 0. The maximum Gasteiger partial charge on any atom is 0.275 e. The summed E-state index contributed by atoms with van der Waals surface area (Å²) in [7, 11) is -2.58. The van der Waals surface area contributed by atoms with Crippen LogP contribution in [0.1, 0.15) is 10.4 Å². The Morgan fingerprint density at radius 3 is 1.45 bits per heavy atom. The van der Waals surface area contributed by atoms with Gasteiger partial charge in [0.2, 0.25) is 0 Å². The molecule has 0 unspecified atom stereocenters. The molecule has 0 saturated carbocycles. The van der Waals surface area contributed by atoms with E-state index in [2.05, 4.69) is 47.0 Å². The first-order chi connectivity index (χ1) is 19.6. The third-order valence-electron chi connectivity index (χ3n) is 6.44. The molecule has 5 aromatic carbocycles. The quantitative estimate of drug-likeness (QED) is 0.167. The van der Waals surface area contributed by atoms with Gasteiger partial charge >= 0.3 is 0 Å². The van der Waals surface area contributed by atoms with E-state index in [1.54, 1.807) is 48.5 Å². The Labute approximate surface area is 239 Å². The Kier molecular flexibility index (Phi) is 8.51. The van der Waals surface area contributed by atoms with Crippen molar-refractivity contribution in [1.82, 2.24) is 5.32 Å². The lowest BCUT2D eigenvalue weighted by molar-refractivity contribution is -0.113. The van der Waals surface area contributed by atoms with E-state index in [0.717, 1.165) is 15.9 Å². The van der Waals surface area contributed by atoms with Crippen molar-refractivity contribution in [1.29, 1.82) is 0 Å². The van der Waals surface area contributed by atoms with Gasteiger partial charge < -0.3 is 10.6 Å². The second-order valence-corrected chi connectivity index (χ2v) is 12.7. The number of amides is 2. The van der Waals surface area contributed by atoms with Gasteiger partial charge in [-0.05, 0) is 72.8 Å². The van der Waals surface area contributed by atoms with Gasteiger partial charge in [-0.3, -0.25) is 9.59 Å². The van der Waals surface area contributed by atoms with Crippen LogP contribution in [0.15, 0.2) is 157 Å². The van der Waals surface area contributed by atoms with E-state index in [0.29, 0.717) is 16.3 Å². The van der Waals surface area contributed by atoms with E-state index < -0.39 is 13.2 Å². The van der Waals surface area contributed by atoms with Crippen LogP contribution < -0.4 is 26.5 Å². The molecule has 0 saturated heterocycles. The Balaban J connectivity index is 1.72. The molecule has 0 atom stereocenters. The molecule has 5 aromatic rings. The van der Waals surface area contributed by atoms with E-state index >= 15 is 0 Å². The van der Waals surface area contributed by atoms with Gasteiger partial charge in [0.25, 0.3) is 11.8 Å². The molecule has 2 N–H and O–H groups in total. The van der Waals surface area contributed by atoms with Gasteiger partial charge in [-0.1, -0.05) is 84.4 Å². The molecule has 0 bridgehead atoms. The van der Waals surface area contributed by atoms with Crippen molar-refractivity contribution in [2.24, 2.45) is 0 Å². The average molecular weight is 562 g/mol. The zero-order valence-corrected chi connectivity index (χ0v) is 23.2. The van der Waals surface area contributed by atoms with Crippen LogP contribution in [-0.2, 0) is 4.79 Å². The van der Waals surface area contributed by atoms with Gasteiger partial charge in [0.05, 0.1) is 0 Å². The highest BCUT2D eigenvalue weighted by Gasteiger charge is 2.45. The number of carbonyl (C=O) groups is 2. The van der Waals surface area contributed by atoms with Crippen molar-refractivity contribution < 1.29 is 9.59 Å². The summed E-state index contributed by atoms with van der Waals surface area (Å²) in [5, 5.41) is 9.61. The summed E-state index contributed by atoms with van der Waals surface area (Å²) in [5.41, 5.74) is 1.18. The first kappa shape index (κ1) is 27.1. The highest BCUT2D eigenvalue weighted by molar-refractivity contribution is 7.98. The second kappa shape index (κ2) is 12.6. The van der Waals surface area contributed by atoms with Crippen LogP contribution in [0.2, 0.25) is 5.02 Å². The molecule has 0 aliphatic rings. The van der Waals surface area contributed by atoms with Crippen molar-refractivity contribution in [2.75, 3.05) is 5.32 Å². The number of halogens is 1. The van der Waals surface area contributed by atoms with Crippen LogP contribution in [0.5, 0.6) is 0 Å². The predicted octanol–water partition coefficient (Wildman–Crippen LogP) is 6.54. The zero-order chi connectivity index (χ0) is 27.8. The largest absolute Gasteiger partial charge is 0.321 e. The zero-order valence-electron chi connectivity index (χ0n) is 21.6. The van der Waals surface area contributed by atoms with Crippen molar-refractivity contribution in [3.05, 3.63) is 168 Å². The Morgan fingerprint density at radius 2 is 1.00 bits per heavy atom. The smallest absolute Gasteiger partial charge is 0.275 e. The summed E-state index contributed by atoms with van der Waals surface area (Å²) in [6.45, 7) is 0. The van der Waals surface area contributed by atoms with Gasteiger partial charge in [0.1, 0.15) is 34.7 Å². The van der Waals surface area contributed by atoms with Crippen LogP contribution in [0.3, 0.4) is 0 Å². The molecular formula is C34H27ClN2O2P+. The highest BCUT2D eigenvalue weighted by atomic mass is 35.5. The summed E-state index contributed by atoms with van der Waals surface area (Å²) in [5.74, 6) is 1.16. The average Bonchev–Trinajstić information content (AvgIpc) is 3.02. The molecule has 0 spiro atoms. The predicted molar refractivity (Wildman–Crippen MR) is 167 cm³/mol. The van der Waals surface area contributed by atoms with E-state index in [1.165, 1.54) is 0 Å². The lowest BCUT2D eigenvalue weighted by Crippen LogP contribution is -2.35. The van der Waals surface area contributed by atoms with E-state index in [9.17, 15) is 9.59 Å². The molecule has 0 radical (unpaired) electrons. The summed E-state index contributed by atoms with van der Waals surface area (Å²) >= 11 is 6.06. The SMILES string of the molecule is O=C(Nc1ccc(Cl)cc1)C(=C[P+](c1ccccc1)(c1ccccc1)c1ccccc1)NC(=O)c1ccccc1. The summed E-state index contributed by atoms with van der Waals surface area (Å²) < 4.78 is 0. The number of anilines is 1. The molecule has 0 aliphatic carbocycles.